The van der Waals surface area contributed by atoms with Crippen LogP contribution >= 0.6 is 12.4 Å². The van der Waals surface area contributed by atoms with Crippen LogP contribution in [0.3, 0.4) is 0 Å². The number of nitrogens with two attached hydrogens (primary N) is 1. The van der Waals surface area contributed by atoms with Crippen molar-refractivity contribution in [3.8, 4) is 34.2 Å². The summed E-state index contributed by atoms with van der Waals surface area (Å²) in [5, 5.41) is 25.3. The molecule has 2 amide bonds. The van der Waals surface area contributed by atoms with Gasteiger partial charge in [-0.15, -0.1) is 12.4 Å². The molecule has 0 unspecified atom stereocenters. The minimum absolute atomic E-state index is 0. The summed E-state index contributed by atoms with van der Waals surface area (Å²) in [6, 6.07) is 13.2. The summed E-state index contributed by atoms with van der Waals surface area (Å²) in [5.74, 6) is -3.59. The molecule has 0 bridgehead atoms. The molecule has 12 heteroatoms. The maximum Gasteiger partial charge on any atom is 0.292 e. The SMILES string of the molecule is Cl.N#Cc1c(-c2ccc(F)c(C(=O)NCCN)c2)cc(-c2ccc(F)cc2O)nc1NC(=O)c1ccco1. The lowest BCUT2D eigenvalue weighted by molar-refractivity contribution is 0.0949. The van der Waals surface area contributed by atoms with E-state index in [1.807, 2.05) is 6.07 Å². The number of phenolic OH excluding ortho intramolecular Hbond substituents is 1. The fraction of sp³-hybridized carbons (Fsp3) is 0.0769. The Labute approximate surface area is 221 Å². The molecule has 0 aliphatic heterocycles. The van der Waals surface area contributed by atoms with Crippen molar-refractivity contribution in [2.45, 2.75) is 0 Å². The fourth-order valence-corrected chi connectivity index (χ4v) is 3.56. The number of nitriles is 1. The molecule has 0 spiro atoms. The molecule has 4 aromatic rings. The first kappa shape index (κ1) is 27.8. The molecule has 0 aliphatic carbocycles. The molecule has 4 rings (SSSR count). The Balaban J connectivity index is 0.00000400. The van der Waals surface area contributed by atoms with E-state index in [0.717, 1.165) is 18.2 Å². The number of aromatic hydroxyl groups is 1. The van der Waals surface area contributed by atoms with Gasteiger partial charge in [0, 0.05) is 30.3 Å². The van der Waals surface area contributed by atoms with Crippen LogP contribution in [0.4, 0.5) is 14.6 Å². The van der Waals surface area contributed by atoms with Crippen LogP contribution in [0.1, 0.15) is 26.5 Å². The van der Waals surface area contributed by atoms with E-state index in [-0.39, 0.29) is 70.6 Å². The number of carbonyl (C=O) groups excluding carboxylic acids is 2. The summed E-state index contributed by atoms with van der Waals surface area (Å²) in [6.07, 6.45) is 1.29. The molecule has 9 nitrogen and oxygen atoms in total. The van der Waals surface area contributed by atoms with E-state index >= 15 is 0 Å². The van der Waals surface area contributed by atoms with Crippen molar-refractivity contribution in [1.82, 2.24) is 10.3 Å². The molecule has 0 fully saturated rings. The number of hydrogen-bond acceptors (Lipinski definition) is 7. The van der Waals surface area contributed by atoms with Gasteiger partial charge in [-0.3, -0.25) is 9.59 Å². The zero-order valence-corrected chi connectivity index (χ0v) is 20.3. The Morgan fingerprint density at radius 3 is 2.53 bits per heavy atom. The van der Waals surface area contributed by atoms with Gasteiger partial charge in [0.1, 0.15) is 29.0 Å². The topological polar surface area (TPSA) is 154 Å². The second kappa shape index (κ2) is 12.0. The summed E-state index contributed by atoms with van der Waals surface area (Å²) in [7, 11) is 0. The van der Waals surface area contributed by atoms with E-state index in [4.69, 9.17) is 10.2 Å². The van der Waals surface area contributed by atoms with Crippen molar-refractivity contribution in [3.63, 3.8) is 0 Å². The highest BCUT2D eigenvalue weighted by molar-refractivity contribution is 6.03. The Morgan fingerprint density at radius 2 is 1.87 bits per heavy atom. The molecule has 2 aromatic carbocycles. The predicted molar refractivity (Wildman–Crippen MR) is 137 cm³/mol. The van der Waals surface area contributed by atoms with Crippen molar-refractivity contribution in [2.75, 3.05) is 18.4 Å². The number of rotatable bonds is 7. The molecular formula is C26H20ClF2N5O4. The van der Waals surface area contributed by atoms with Crippen LogP contribution in [-0.4, -0.2) is 35.0 Å². The van der Waals surface area contributed by atoms with Gasteiger partial charge in [-0.1, -0.05) is 6.07 Å². The summed E-state index contributed by atoms with van der Waals surface area (Å²) in [4.78, 5) is 29.4. The standard InChI is InChI=1S/C26H19F2N5O4.ClH/c27-15-4-5-16(22(34)11-15)21-12-17(14-3-6-20(28)18(10-14)25(35)31-8-7-29)19(13-30)24(32-21)33-26(36)23-2-1-9-37-23;/h1-6,9-12,34H,7-8,29H2,(H,31,35)(H,32,33,36);1H. The van der Waals surface area contributed by atoms with Gasteiger partial charge in [0.2, 0.25) is 0 Å². The Morgan fingerprint density at radius 1 is 1.08 bits per heavy atom. The molecule has 5 N–H and O–H groups in total. The summed E-state index contributed by atoms with van der Waals surface area (Å²) >= 11 is 0. The first-order valence-electron chi connectivity index (χ1n) is 10.9. The highest BCUT2D eigenvalue weighted by Crippen LogP contribution is 2.36. The molecule has 0 aliphatic rings. The number of aromatic nitrogens is 1. The smallest absolute Gasteiger partial charge is 0.292 e. The minimum Gasteiger partial charge on any atom is -0.507 e. The third-order valence-electron chi connectivity index (χ3n) is 5.30. The maximum absolute atomic E-state index is 14.5. The van der Waals surface area contributed by atoms with Crippen LogP contribution in [-0.2, 0) is 0 Å². The molecular weight excluding hydrogens is 520 g/mol. The van der Waals surface area contributed by atoms with Crippen LogP contribution in [0.2, 0.25) is 0 Å². The molecule has 2 heterocycles. The lowest BCUT2D eigenvalue weighted by Crippen LogP contribution is -2.29. The van der Waals surface area contributed by atoms with Gasteiger partial charge in [-0.2, -0.15) is 5.26 Å². The fourth-order valence-electron chi connectivity index (χ4n) is 3.56. The predicted octanol–water partition coefficient (Wildman–Crippen LogP) is 4.23. The Hall–Kier alpha value is -4.79. The number of benzene rings is 2. The van der Waals surface area contributed by atoms with E-state index in [1.54, 1.807) is 0 Å². The van der Waals surface area contributed by atoms with Gasteiger partial charge in [0.05, 0.1) is 17.5 Å². The lowest BCUT2D eigenvalue weighted by Gasteiger charge is -2.15. The molecule has 0 saturated heterocycles. The highest BCUT2D eigenvalue weighted by Gasteiger charge is 2.22. The molecule has 0 atom stereocenters. The quantitative estimate of drug-likeness (QED) is 0.274. The Bertz CT molecular complexity index is 1540. The largest absolute Gasteiger partial charge is 0.507 e. The summed E-state index contributed by atoms with van der Waals surface area (Å²) < 4.78 is 33.2. The van der Waals surface area contributed by atoms with Crippen molar-refractivity contribution >= 4 is 30.0 Å². The second-order valence-electron chi connectivity index (χ2n) is 7.72. The lowest BCUT2D eigenvalue weighted by atomic mass is 9.96. The first-order chi connectivity index (χ1) is 17.8. The van der Waals surface area contributed by atoms with E-state index in [1.165, 1.54) is 42.7 Å². The van der Waals surface area contributed by atoms with Gasteiger partial charge in [0.25, 0.3) is 11.8 Å². The molecule has 38 heavy (non-hydrogen) atoms. The number of furan rings is 1. The zero-order valence-electron chi connectivity index (χ0n) is 19.5. The molecule has 194 valence electrons. The van der Waals surface area contributed by atoms with E-state index in [2.05, 4.69) is 15.6 Å². The first-order valence-corrected chi connectivity index (χ1v) is 10.9. The van der Waals surface area contributed by atoms with Crippen molar-refractivity contribution < 1.29 is 27.9 Å². The van der Waals surface area contributed by atoms with Crippen LogP contribution in [0.25, 0.3) is 22.4 Å². The number of pyridine rings is 1. The van der Waals surface area contributed by atoms with Gasteiger partial charge < -0.3 is 25.9 Å². The average Bonchev–Trinajstić information content (AvgIpc) is 3.42. The van der Waals surface area contributed by atoms with E-state index in [9.17, 15) is 28.7 Å². The van der Waals surface area contributed by atoms with Gasteiger partial charge in [-0.05, 0) is 48.0 Å². The third kappa shape index (κ3) is 5.78. The van der Waals surface area contributed by atoms with Crippen molar-refractivity contribution in [2.24, 2.45) is 5.73 Å². The number of anilines is 1. The van der Waals surface area contributed by atoms with Crippen LogP contribution in [0, 0.1) is 23.0 Å². The highest BCUT2D eigenvalue weighted by atomic mass is 35.5. The third-order valence-corrected chi connectivity index (χ3v) is 5.30. The summed E-state index contributed by atoms with van der Waals surface area (Å²) in [6.45, 7) is 0.275. The number of hydrogen-bond donors (Lipinski definition) is 4. The van der Waals surface area contributed by atoms with E-state index in [0.29, 0.717) is 0 Å². The van der Waals surface area contributed by atoms with Crippen molar-refractivity contribution in [3.05, 3.63) is 89.4 Å². The monoisotopic (exact) mass is 539 g/mol. The number of phenols is 1. The average molecular weight is 540 g/mol. The van der Waals surface area contributed by atoms with Crippen LogP contribution < -0.4 is 16.4 Å². The van der Waals surface area contributed by atoms with Gasteiger partial charge in [0.15, 0.2) is 11.6 Å². The number of nitrogens with one attached hydrogen (secondary N) is 2. The van der Waals surface area contributed by atoms with Gasteiger partial charge in [-0.25, -0.2) is 13.8 Å². The Kier molecular flexibility index (Phi) is 8.75. The minimum atomic E-state index is -0.798. The van der Waals surface area contributed by atoms with Gasteiger partial charge >= 0.3 is 0 Å². The zero-order chi connectivity index (χ0) is 26.5. The number of nitrogens with zero attached hydrogens (tertiary/aromatic N) is 2. The maximum atomic E-state index is 14.5. The second-order valence-corrected chi connectivity index (χ2v) is 7.72. The van der Waals surface area contributed by atoms with E-state index < -0.39 is 29.2 Å². The molecule has 0 radical (unpaired) electrons. The normalized spacial score (nSPS) is 10.3. The van der Waals surface area contributed by atoms with Crippen molar-refractivity contribution in [1.29, 1.82) is 5.26 Å². The molecule has 2 aromatic heterocycles. The number of amides is 2. The number of carbonyl (C=O) groups is 2. The molecule has 0 saturated carbocycles. The number of halogens is 3. The summed E-state index contributed by atoms with van der Waals surface area (Å²) in [5.41, 5.74) is 5.58. The van der Waals surface area contributed by atoms with Crippen LogP contribution in [0.15, 0.2) is 65.3 Å². The van der Waals surface area contributed by atoms with Crippen LogP contribution in [0.5, 0.6) is 5.75 Å².